The van der Waals surface area contributed by atoms with Gasteiger partial charge in [0.25, 0.3) is 5.91 Å². The normalized spacial score (nSPS) is 14.7. The second kappa shape index (κ2) is 12.6. The molecule has 39 heavy (non-hydrogen) atoms. The van der Waals surface area contributed by atoms with Gasteiger partial charge in [-0.3, -0.25) is 4.79 Å². The minimum atomic E-state index is -0.505. The monoisotopic (exact) mass is 549 g/mol. The molecular weight excluding hydrogens is 510 g/mol. The summed E-state index contributed by atoms with van der Waals surface area (Å²) in [6.45, 7) is 13.0. The minimum Gasteiger partial charge on any atom is -0.493 e. The van der Waals surface area contributed by atoms with Crippen LogP contribution in [-0.2, 0) is 4.79 Å². The fraction of sp³-hybridized carbons (Fsp3) is 0.433. The van der Waals surface area contributed by atoms with Crippen molar-refractivity contribution in [3.63, 3.8) is 0 Å². The van der Waals surface area contributed by atoms with Gasteiger partial charge >= 0.3 is 0 Å². The number of nitrogens with zero attached hydrogens (tertiary/aromatic N) is 3. The van der Waals surface area contributed by atoms with Crippen molar-refractivity contribution in [3.05, 3.63) is 64.4 Å². The number of allylic oxidation sites excluding steroid dienone is 1. The molecule has 1 aliphatic rings. The Morgan fingerprint density at radius 2 is 1.95 bits per heavy atom. The first-order chi connectivity index (χ1) is 18.7. The summed E-state index contributed by atoms with van der Waals surface area (Å²) in [7, 11) is 1.63. The Kier molecular flexibility index (Phi) is 9.22. The van der Waals surface area contributed by atoms with Crippen LogP contribution in [-0.4, -0.2) is 40.1 Å². The zero-order chi connectivity index (χ0) is 28.1. The minimum absolute atomic E-state index is 0.197. The molecule has 0 radical (unpaired) electrons. The number of fused-ring (bicyclic) bond motifs is 1. The topological polar surface area (TPSA) is 90.3 Å². The average Bonchev–Trinajstić information content (AvgIpc) is 3.30. The molecule has 0 spiro atoms. The molecule has 208 valence electrons. The number of aryl methyl sites for hydroxylation is 2. The van der Waals surface area contributed by atoms with E-state index < -0.39 is 6.04 Å². The molecule has 0 aliphatic carbocycles. The first-order valence-corrected chi connectivity index (χ1v) is 14.5. The van der Waals surface area contributed by atoms with Crippen LogP contribution in [0.1, 0.15) is 63.3 Å². The van der Waals surface area contributed by atoms with Crippen LogP contribution in [0.5, 0.6) is 11.5 Å². The molecule has 8 nitrogen and oxygen atoms in total. The Hall–Kier alpha value is -3.46. The van der Waals surface area contributed by atoms with E-state index in [0.717, 1.165) is 46.7 Å². The average molecular weight is 550 g/mol. The number of carbonyl (C=O) groups excluding carboxylic acids is 1. The van der Waals surface area contributed by atoms with Crippen molar-refractivity contribution in [2.45, 2.75) is 65.6 Å². The Bertz CT molecular complexity index is 1360. The van der Waals surface area contributed by atoms with E-state index >= 15 is 0 Å². The van der Waals surface area contributed by atoms with Crippen molar-refractivity contribution in [1.29, 1.82) is 0 Å². The number of amides is 1. The van der Waals surface area contributed by atoms with Crippen LogP contribution in [0, 0.1) is 19.8 Å². The number of aromatic nitrogens is 3. The SMILES string of the molecule is CCCSc1nc2n(n1)C(c1ccc(OCCC(C)C)c(OC)c1)C(C(=O)Nc1ccc(C)cc1C)=C(C)N2. The molecule has 0 bridgehead atoms. The van der Waals surface area contributed by atoms with E-state index in [2.05, 4.69) is 37.5 Å². The zero-order valence-corrected chi connectivity index (χ0v) is 24.7. The third-order valence-corrected chi connectivity index (χ3v) is 7.64. The molecule has 9 heteroatoms. The van der Waals surface area contributed by atoms with Crippen LogP contribution in [0.2, 0.25) is 0 Å². The predicted octanol–water partition coefficient (Wildman–Crippen LogP) is 6.76. The zero-order valence-electron chi connectivity index (χ0n) is 23.9. The van der Waals surface area contributed by atoms with Gasteiger partial charge in [-0.15, -0.1) is 5.10 Å². The number of methoxy groups -OCH3 is 1. The Morgan fingerprint density at radius 1 is 1.15 bits per heavy atom. The van der Waals surface area contributed by atoms with Crippen LogP contribution in [0.25, 0.3) is 0 Å². The van der Waals surface area contributed by atoms with E-state index in [1.807, 2.05) is 51.1 Å². The fourth-order valence-corrected chi connectivity index (χ4v) is 5.19. The van der Waals surface area contributed by atoms with E-state index in [9.17, 15) is 4.79 Å². The number of carbonyl (C=O) groups is 1. The van der Waals surface area contributed by atoms with Crippen molar-refractivity contribution in [2.75, 3.05) is 30.1 Å². The molecule has 4 rings (SSSR count). The maximum atomic E-state index is 13.9. The molecular formula is C30H39N5O3S. The lowest BCUT2D eigenvalue weighted by Crippen LogP contribution is -2.31. The van der Waals surface area contributed by atoms with Crippen LogP contribution in [0.3, 0.4) is 0 Å². The highest BCUT2D eigenvalue weighted by Crippen LogP contribution is 2.40. The van der Waals surface area contributed by atoms with Crippen LogP contribution >= 0.6 is 11.8 Å². The van der Waals surface area contributed by atoms with E-state index in [1.54, 1.807) is 23.6 Å². The number of hydrogen-bond acceptors (Lipinski definition) is 7. The number of rotatable bonds is 11. The summed E-state index contributed by atoms with van der Waals surface area (Å²) < 4.78 is 13.6. The third kappa shape index (κ3) is 6.58. The van der Waals surface area contributed by atoms with Gasteiger partial charge in [0, 0.05) is 17.1 Å². The van der Waals surface area contributed by atoms with Crippen molar-refractivity contribution < 1.29 is 14.3 Å². The predicted molar refractivity (Wildman–Crippen MR) is 158 cm³/mol. The molecule has 2 aromatic carbocycles. The van der Waals surface area contributed by atoms with Crippen molar-refractivity contribution in [1.82, 2.24) is 14.8 Å². The lowest BCUT2D eigenvalue weighted by Gasteiger charge is -2.29. The molecule has 1 unspecified atom stereocenters. The van der Waals surface area contributed by atoms with Crippen LogP contribution < -0.4 is 20.1 Å². The second-order valence-corrected chi connectivity index (χ2v) is 11.4. The number of benzene rings is 2. The lowest BCUT2D eigenvalue weighted by atomic mass is 9.94. The van der Waals surface area contributed by atoms with Crippen LogP contribution in [0.4, 0.5) is 11.6 Å². The molecule has 0 saturated carbocycles. The summed E-state index contributed by atoms with van der Waals surface area (Å²) in [5.74, 6) is 3.16. The molecule has 1 amide bonds. The summed E-state index contributed by atoms with van der Waals surface area (Å²) in [5.41, 5.74) is 5.07. The maximum absolute atomic E-state index is 13.9. The number of hydrogen-bond donors (Lipinski definition) is 2. The fourth-order valence-electron chi connectivity index (χ4n) is 4.51. The molecule has 2 N–H and O–H groups in total. The van der Waals surface area contributed by atoms with Crippen molar-refractivity contribution in [2.24, 2.45) is 5.92 Å². The molecule has 0 saturated heterocycles. The highest BCUT2D eigenvalue weighted by atomic mass is 32.2. The smallest absolute Gasteiger partial charge is 0.255 e. The first-order valence-electron chi connectivity index (χ1n) is 13.5. The Labute approximate surface area is 235 Å². The van der Waals surface area contributed by atoms with Gasteiger partial charge in [0.15, 0.2) is 11.5 Å². The number of ether oxygens (including phenoxy) is 2. The summed E-state index contributed by atoms with van der Waals surface area (Å²) in [6, 6.07) is 11.3. The number of thioether (sulfide) groups is 1. The molecule has 1 aliphatic heterocycles. The summed E-state index contributed by atoms with van der Waals surface area (Å²) >= 11 is 1.60. The van der Waals surface area contributed by atoms with Gasteiger partial charge < -0.3 is 20.1 Å². The van der Waals surface area contributed by atoms with E-state index in [-0.39, 0.29) is 5.91 Å². The van der Waals surface area contributed by atoms with Gasteiger partial charge in [0.2, 0.25) is 11.1 Å². The Balaban J connectivity index is 1.74. The molecule has 2 heterocycles. The molecule has 0 fully saturated rings. The summed E-state index contributed by atoms with van der Waals surface area (Å²) in [5, 5.41) is 11.9. The second-order valence-electron chi connectivity index (χ2n) is 10.3. The standard InChI is InChI=1S/C30H39N5O3S/c1-8-15-39-30-33-29-31-21(6)26(28(36)32-23-11-9-19(4)16-20(23)5)27(35(29)34-30)22-10-12-24(25(17-22)37-7)38-14-13-18(2)3/h9-12,16-18,27H,8,13-15H2,1-7H3,(H,32,36)(H,31,33,34). The lowest BCUT2D eigenvalue weighted by molar-refractivity contribution is -0.113. The Morgan fingerprint density at radius 3 is 2.64 bits per heavy atom. The number of anilines is 2. The van der Waals surface area contributed by atoms with E-state index in [0.29, 0.717) is 40.7 Å². The summed E-state index contributed by atoms with van der Waals surface area (Å²) in [4.78, 5) is 18.6. The van der Waals surface area contributed by atoms with Crippen LogP contribution in [0.15, 0.2) is 52.8 Å². The summed E-state index contributed by atoms with van der Waals surface area (Å²) in [6.07, 6.45) is 1.96. The van der Waals surface area contributed by atoms with Gasteiger partial charge in [-0.05, 0) is 68.9 Å². The highest BCUT2D eigenvalue weighted by Gasteiger charge is 2.35. The highest BCUT2D eigenvalue weighted by molar-refractivity contribution is 7.99. The van der Waals surface area contributed by atoms with Gasteiger partial charge in [-0.25, -0.2) is 4.68 Å². The molecule has 1 aromatic heterocycles. The first kappa shape index (κ1) is 28.5. The largest absolute Gasteiger partial charge is 0.493 e. The van der Waals surface area contributed by atoms with Gasteiger partial charge in [-0.2, -0.15) is 4.98 Å². The molecule has 3 aromatic rings. The molecule has 1 atom stereocenters. The van der Waals surface area contributed by atoms with Gasteiger partial charge in [0.05, 0.1) is 19.3 Å². The van der Waals surface area contributed by atoms with Crippen molar-refractivity contribution in [3.8, 4) is 11.5 Å². The number of nitrogens with one attached hydrogen (secondary N) is 2. The maximum Gasteiger partial charge on any atom is 0.255 e. The van der Waals surface area contributed by atoms with Gasteiger partial charge in [0.1, 0.15) is 6.04 Å². The van der Waals surface area contributed by atoms with E-state index in [1.165, 1.54) is 0 Å². The van der Waals surface area contributed by atoms with E-state index in [4.69, 9.17) is 19.6 Å². The quantitative estimate of drug-likeness (QED) is 0.255. The third-order valence-electron chi connectivity index (χ3n) is 6.60. The van der Waals surface area contributed by atoms with Crippen molar-refractivity contribution >= 4 is 29.3 Å². The van der Waals surface area contributed by atoms with Gasteiger partial charge in [-0.1, -0.05) is 56.3 Å².